The number of benzene rings is 4. The molecule has 2 saturated heterocycles. The smallest absolute Gasteiger partial charge is 0.306 e. The van der Waals surface area contributed by atoms with Crippen LogP contribution in [0.15, 0.2) is 94.9 Å². The maximum atomic E-state index is 13.3. The number of piperidine rings is 2. The number of aromatic nitrogens is 6. The number of nitrogens with zero attached hydrogens (tertiary/aromatic N) is 10. The van der Waals surface area contributed by atoms with Crippen molar-refractivity contribution in [3.8, 4) is 21.5 Å². The van der Waals surface area contributed by atoms with Crippen LogP contribution in [0.2, 0.25) is 10.0 Å². The number of ether oxygens (including phenoxy) is 2. The molecule has 4 aromatic heterocycles. The van der Waals surface area contributed by atoms with Crippen molar-refractivity contribution in [1.82, 2.24) is 55.3 Å². The number of Topliss-reactive ketones (excluding diaryl/α,β-unsaturated/α-hetero) is 2. The van der Waals surface area contributed by atoms with Gasteiger partial charge in [-0.3, -0.25) is 97.1 Å². The number of imide groups is 4. The van der Waals surface area contributed by atoms with Crippen LogP contribution < -0.4 is 25.4 Å². The summed E-state index contributed by atoms with van der Waals surface area (Å²) >= 11 is 15.6. The van der Waals surface area contributed by atoms with Gasteiger partial charge in [-0.15, -0.1) is 43.1 Å². The van der Waals surface area contributed by atoms with Crippen molar-refractivity contribution in [3.05, 3.63) is 184 Å². The molecule has 0 aliphatic carbocycles. The van der Waals surface area contributed by atoms with Crippen molar-refractivity contribution < 1.29 is 72.1 Å². The summed E-state index contributed by atoms with van der Waals surface area (Å²) in [6.07, 6.45) is 16.5. The Balaban J connectivity index is 0.000000209. The number of nitrogens with one attached hydrogen (secondary N) is 3. The fourth-order valence-electron chi connectivity index (χ4n) is 15.4. The van der Waals surface area contributed by atoms with E-state index in [2.05, 4.69) is 71.0 Å². The second kappa shape index (κ2) is 41.9. The zero-order valence-electron chi connectivity index (χ0n) is 67.5. The number of amides is 9. The Labute approximate surface area is 721 Å². The van der Waals surface area contributed by atoms with Crippen LogP contribution in [0.1, 0.15) is 289 Å². The number of carboxylic acid groups (broad SMARTS) is 1. The number of thiophene rings is 2. The van der Waals surface area contributed by atoms with Gasteiger partial charge in [0.2, 0.25) is 29.5 Å². The fourth-order valence-corrected chi connectivity index (χ4v) is 18.0. The first-order chi connectivity index (χ1) is 57.2. The minimum absolute atomic E-state index is 0. The van der Waals surface area contributed by atoms with Gasteiger partial charge >= 0.3 is 5.97 Å². The number of carbonyl (C=O) groups excluding carboxylic acids is 11. The van der Waals surface area contributed by atoms with E-state index >= 15 is 0 Å². The summed E-state index contributed by atoms with van der Waals surface area (Å²) in [7, 11) is 0. The maximum absolute atomic E-state index is 13.3. The van der Waals surface area contributed by atoms with E-state index in [1.807, 2.05) is 71.5 Å². The molecule has 0 spiro atoms. The van der Waals surface area contributed by atoms with Crippen LogP contribution in [0.3, 0.4) is 0 Å². The Kier molecular flexibility index (Phi) is 32.0. The van der Waals surface area contributed by atoms with Crippen molar-refractivity contribution >= 4 is 128 Å². The molecule has 0 radical (unpaired) electrons. The van der Waals surface area contributed by atoms with Gasteiger partial charge in [-0.05, 0) is 133 Å². The highest BCUT2D eigenvalue weighted by atomic mass is 35.5. The molecule has 2 unspecified atom stereocenters. The third kappa shape index (κ3) is 21.3. The van der Waals surface area contributed by atoms with Gasteiger partial charge in [-0.2, -0.15) is 0 Å². The van der Waals surface area contributed by atoms with E-state index in [9.17, 15) is 62.6 Å². The lowest BCUT2D eigenvalue weighted by atomic mass is 9.99. The van der Waals surface area contributed by atoms with Gasteiger partial charge in [0.05, 0.1) is 46.5 Å². The molecule has 121 heavy (non-hydrogen) atoms. The SMILES string of the molecule is C.C.CCCCCCCCCCC(=O)COc1cccc2c1C(=O)N(C1CCC(=O)NC1=O)C2=O.Cc1sc2c(c1C)C(c1ccc(Cl)cc1)=N[C@@H](CC(=O)NCCCCCCCCCC(=O)COc1cccc3c1C(=O)N(C1CCC(=O)NC1=O)C3=O)c1nnc(C)n1-2.Cc1sc2c(c1C)C(c1ccc(Cl)cc1)=N[C@@H](CC(=O)O)c1nnc(C)n1-2. The molecule has 640 valence electrons. The molecule has 14 rings (SSSR count). The highest BCUT2D eigenvalue weighted by molar-refractivity contribution is 7.15. The number of rotatable bonds is 33. The Bertz CT molecular complexity index is 5340. The average molecular weight is 1730 g/mol. The van der Waals surface area contributed by atoms with Crippen molar-refractivity contribution in [3.63, 3.8) is 0 Å². The van der Waals surface area contributed by atoms with Crippen molar-refractivity contribution in [2.24, 2.45) is 9.98 Å². The molecule has 4 N–H and O–H groups in total. The topological polar surface area (TPSA) is 372 Å². The van der Waals surface area contributed by atoms with E-state index in [4.69, 9.17) is 42.7 Å². The minimum Gasteiger partial charge on any atom is -0.485 e. The molecule has 4 atom stereocenters. The number of ketones is 2. The third-order valence-electron chi connectivity index (χ3n) is 21.9. The van der Waals surface area contributed by atoms with Crippen LogP contribution in [0.25, 0.3) is 10.0 Å². The molecule has 10 heterocycles. The Morgan fingerprint density at radius 1 is 0.496 bits per heavy atom. The third-order valence-corrected chi connectivity index (χ3v) is 24.8. The summed E-state index contributed by atoms with van der Waals surface area (Å²) in [6, 6.07) is 21.0. The van der Waals surface area contributed by atoms with Crippen molar-refractivity contribution in [2.45, 2.75) is 235 Å². The van der Waals surface area contributed by atoms with Crippen LogP contribution >= 0.6 is 45.9 Å². The van der Waals surface area contributed by atoms with Gasteiger partial charge in [0.15, 0.2) is 23.2 Å². The zero-order valence-corrected chi connectivity index (χ0v) is 70.6. The first-order valence-corrected chi connectivity index (χ1v) is 42.8. The summed E-state index contributed by atoms with van der Waals surface area (Å²) in [6.45, 7) is 14.5. The highest BCUT2D eigenvalue weighted by Crippen LogP contribution is 2.43. The number of carbonyl (C=O) groups is 12. The molecular weight excluding hydrogens is 1630 g/mol. The molecule has 28 nitrogen and oxygen atoms in total. The molecular formula is C89H103Cl2N13O15S2. The summed E-state index contributed by atoms with van der Waals surface area (Å²) in [5.41, 5.74) is 8.00. The van der Waals surface area contributed by atoms with E-state index in [0.29, 0.717) is 47.5 Å². The van der Waals surface area contributed by atoms with E-state index in [-0.39, 0.29) is 118 Å². The number of carboxylic acids is 1. The second-order valence-corrected chi connectivity index (χ2v) is 33.6. The molecule has 6 aliphatic rings. The second-order valence-electron chi connectivity index (χ2n) is 30.3. The number of aryl methyl sites for hydroxylation is 4. The molecule has 4 aromatic carbocycles. The molecule has 9 amide bonds. The standard InChI is InChI=1S/C43H46ClN7O7S.C25H32N2O6.C19H17ClN4O2S.2CH4/c1-24-25(2)59-43-36(24)38(27-15-17-28(44)18-16-27)46-31(39-49-48-26(3)50(39)43)22-35(54)45-21-10-8-6-4-5-7-9-12-29(52)23-58-33-14-11-13-30-37(33)42(57)51(41(30)56)32-19-20-34(53)47-40(32)55;1-2-3-4-5-6-7-8-9-11-17(28)16-33-20-13-10-12-18-22(20)25(32)27(24(18)31)19-14-15-21(29)26-23(19)30;1-9-10(2)27-19-16(9)17(12-4-6-13(20)7-5-12)21-14(8-15(25)26)18-23-22-11(3)24(18)19;;/h11,13-18,31-32H,4-10,12,19-23H2,1-3H3,(H,45,54)(H,47,53,55);10,12-13,19H,2-9,11,14-16H2,1H3,(H,26,29,30);4-7,14H,8H2,1-3H3,(H,25,26);2*1H4/t31-,32?;;14-;;/m0.0../s1. The number of fused-ring (bicyclic) bond motifs is 8. The van der Waals surface area contributed by atoms with E-state index in [1.54, 1.807) is 40.9 Å². The predicted molar refractivity (Wildman–Crippen MR) is 461 cm³/mol. The normalized spacial score (nSPS) is 16.8. The van der Waals surface area contributed by atoms with Gasteiger partial charge in [0.25, 0.3) is 23.6 Å². The quantitative estimate of drug-likeness (QED) is 0.0219. The predicted octanol–water partition coefficient (Wildman–Crippen LogP) is 15.6. The zero-order chi connectivity index (χ0) is 84.9. The minimum atomic E-state index is -1.08. The summed E-state index contributed by atoms with van der Waals surface area (Å²) in [5, 5.41) is 37.4. The number of aliphatic carboxylic acids is 1. The molecule has 32 heteroatoms. The Hall–Kier alpha value is -11.1. The van der Waals surface area contributed by atoms with Gasteiger partial charge in [0.1, 0.15) is 70.5 Å². The number of aliphatic imine (C=N–C) groups is 2. The Morgan fingerprint density at radius 3 is 1.28 bits per heavy atom. The first kappa shape index (κ1) is 92.2. The lowest BCUT2D eigenvalue weighted by Gasteiger charge is -2.27. The highest BCUT2D eigenvalue weighted by Gasteiger charge is 2.48. The van der Waals surface area contributed by atoms with E-state index < -0.39 is 77.4 Å². The van der Waals surface area contributed by atoms with Crippen LogP contribution in [-0.4, -0.2) is 158 Å². The number of hydrogen-bond acceptors (Lipinski definition) is 22. The van der Waals surface area contributed by atoms with E-state index in [0.717, 1.165) is 134 Å². The van der Waals surface area contributed by atoms with Crippen LogP contribution in [0, 0.1) is 41.5 Å². The van der Waals surface area contributed by atoms with Crippen LogP contribution in [0.4, 0.5) is 0 Å². The number of hydrogen-bond donors (Lipinski definition) is 4. The van der Waals surface area contributed by atoms with Gasteiger partial charge < -0.3 is 19.9 Å². The van der Waals surface area contributed by atoms with Crippen LogP contribution in [0.5, 0.6) is 11.5 Å². The molecule has 0 bridgehead atoms. The molecule has 6 aliphatic heterocycles. The number of unbranched alkanes of at least 4 members (excludes halogenated alkanes) is 13. The lowest BCUT2D eigenvalue weighted by molar-refractivity contribution is -0.138. The molecule has 2 fully saturated rings. The van der Waals surface area contributed by atoms with Crippen LogP contribution in [-0.2, 0) is 38.4 Å². The fraction of sp³-hybridized carbons (Fsp3) is 0.438. The Morgan fingerprint density at radius 2 is 0.884 bits per heavy atom. The van der Waals surface area contributed by atoms with Gasteiger partial charge in [-0.1, -0.05) is 158 Å². The summed E-state index contributed by atoms with van der Waals surface area (Å²) in [5.74, 6) is -3.04. The van der Waals surface area contributed by atoms with Gasteiger partial charge in [0, 0.05) is 74.3 Å². The largest absolute Gasteiger partial charge is 0.485 e. The van der Waals surface area contributed by atoms with Gasteiger partial charge in [-0.25, -0.2) is 0 Å². The monoisotopic (exact) mass is 1730 g/mol. The number of halogens is 2. The molecule has 0 saturated carbocycles. The maximum Gasteiger partial charge on any atom is 0.306 e. The first-order valence-electron chi connectivity index (χ1n) is 40.4. The summed E-state index contributed by atoms with van der Waals surface area (Å²) < 4.78 is 15.3. The average Bonchev–Trinajstić information content (AvgIpc) is 1.58. The molecule has 8 aromatic rings. The van der Waals surface area contributed by atoms with Crippen molar-refractivity contribution in [1.29, 1.82) is 0 Å². The lowest BCUT2D eigenvalue weighted by Crippen LogP contribution is -2.54. The summed E-state index contributed by atoms with van der Waals surface area (Å²) in [4.78, 5) is 164. The van der Waals surface area contributed by atoms with E-state index in [1.165, 1.54) is 60.1 Å². The van der Waals surface area contributed by atoms with Crippen molar-refractivity contribution in [2.75, 3.05) is 19.8 Å².